The van der Waals surface area contributed by atoms with E-state index in [-0.39, 0.29) is 0 Å². The van der Waals surface area contributed by atoms with E-state index in [0.717, 1.165) is 30.2 Å². The summed E-state index contributed by atoms with van der Waals surface area (Å²) < 4.78 is 5.18. The van der Waals surface area contributed by atoms with Gasteiger partial charge in [0.25, 0.3) is 0 Å². The van der Waals surface area contributed by atoms with E-state index in [9.17, 15) is 0 Å². The summed E-state index contributed by atoms with van der Waals surface area (Å²) in [5.74, 6) is 1.74. The van der Waals surface area contributed by atoms with Gasteiger partial charge in [0.15, 0.2) is 0 Å². The van der Waals surface area contributed by atoms with Gasteiger partial charge in [-0.25, -0.2) is 4.98 Å². The first-order valence-corrected chi connectivity index (χ1v) is 7.52. The Morgan fingerprint density at radius 2 is 2.25 bits per heavy atom. The van der Waals surface area contributed by atoms with Gasteiger partial charge in [-0.15, -0.1) is 11.8 Å². The van der Waals surface area contributed by atoms with E-state index >= 15 is 0 Å². The highest BCUT2D eigenvalue weighted by molar-refractivity contribution is 7.99. The molecule has 0 spiro atoms. The fourth-order valence-electron chi connectivity index (χ4n) is 2.31. The molecule has 0 atom stereocenters. The maximum absolute atomic E-state index is 5.91. The van der Waals surface area contributed by atoms with E-state index < -0.39 is 0 Å². The molecule has 0 bridgehead atoms. The smallest absolute Gasteiger partial charge is 0.213 e. The Morgan fingerprint density at radius 3 is 3.10 bits per heavy atom. The van der Waals surface area contributed by atoms with Crippen molar-refractivity contribution in [2.45, 2.75) is 11.4 Å². The SMILES string of the molecule is COc1cccc(CN2CCSc3ccc(N)cc32)n1. The lowest BCUT2D eigenvalue weighted by atomic mass is 10.2. The number of aromatic nitrogens is 1. The fourth-order valence-corrected chi connectivity index (χ4v) is 3.34. The number of pyridine rings is 1. The number of hydrogen-bond acceptors (Lipinski definition) is 5. The van der Waals surface area contributed by atoms with E-state index in [1.54, 1.807) is 7.11 Å². The van der Waals surface area contributed by atoms with Gasteiger partial charge in [0.05, 0.1) is 25.0 Å². The lowest BCUT2D eigenvalue weighted by Crippen LogP contribution is -2.29. The van der Waals surface area contributed by atoms with Gasteiger partial charge in [0.1, 0.15) is 0 Å². The van der Waals surface area contributed by atoms with Crippen LogP contribution in [0.15, 0.2) is 41.3 Å². The lowest BCUT2D eigenvalue weighted by molar-refractivity contribution is 0.396. The molecule has 3 rings (SSSR count). The van der Waals surface area contributed by atoms with Crippen molar-refractivity contribution < 1.29 is 4.74 Å². The summed E-state index contributed by atoms with van der Waals surface area (Å²) in [7, 11) is 1.64. The van der Waals surface area contributed by atoms with E-state index in [1.807, 2.05) is 42.1 Å². The van der Waals surface area contributed by atoms with Crippen LogP contribution in [0.3, 0.4) is 0 Å². The number of nitrogen functional groups attached to an aromatic ring is 1. The predicted molar refractivity (Wildman–Crippen MR) is 83.4 cm³/mol. The Labute approximate surface area is 122 Å². The number of ether oxygens (including phenoxy) is 1. The molecule has 1 aliphatic heterocycles. The molecule has 4 nitrogen and oxygen atoms in total. The second-order valence-corrected chi connectivity index (χ2v) is 5.81. The van der Waals surface area contributed by atoms with Gasteiger partial charge in [-0.1, -0.05) is 6.07 Å². The second kappa shape index (κ2) is 5.63. The van der Waals surface area contributed by atoms with Crippen LogP contribution in [0.5, 0.6) is 5.88 Å². The van der Waals surface area contributed by atoms with E-state index in [4.69, 9.17) is 10.5 Å². The molecule has 104 valence electrons. The molecule has 5 heteroatoms. The van der Waals surface area contributed by atoms with Gasteiger partial charge in [0.2, 0.25) is 5.88 Å². The van der Waals surface area contributed by atoms with E-state index in [0.29, 0.717) is 5.88 Å². The lowest BCUT2D eigenvalue weighted by Gasteiger charge is -2.30. The third kappa shape index (κ3) is 2.67. The van der Waals surface area contributed by atoms with Crippen LogP contribution in [0.25, 0.3) is 0 Å². The van der Waals surface area contributed by atoms with Crippen molar-refractivity contribution in [1.82, 2.24) is 4.98 Å². The van der Waals surface area contributed by atoms with Crippen LogP contribution in [-0.2, 0) is 6.54 Å². The van der Waals surface area contributed by atoms with Gasteiger partial charge in [-0.2, -0.15) is 0 Å². The number of rotatable bonds is 3. The fraction of sp³-hybridized carbons (Fsp3) is 0.267. The van der Waals surface area contributed by atoms with Crippen LogP contribution < -0.4 is 15.4 Å². The first kappa shape index (κ1) is 13.1. The number of fused-ring (bicyclic) bond motifs is 1. The highest BCUT2D eigenvalue weighted by atomic mass is 32.2. The average Bonchev–Trinajstić information content (AvgIpc) is 2.48. The van der Waals surface area contributed by atoms with E-state index in [1.165, 1.54) is 10.6 Å². The number of nitrogens with zero attached hydrogens (tertiary/aromatic N) is 2. The van der Waals surface area contributed by atoms with Crippen LogP contribution in [-0.4, -0.2) is 24.4 Å². The third-order valence-corrected chi connectivity index (χ3v) is 4.33. The molecular formula is C15H17N3OS. The zero-order valence-electron chi connectivity index (χ0n) is 11.4. The molecule has 0 amide bonds. The summed E-state index contributed by atoms with van der Waals surface area (Å²) in [4.78, 5) is 8.09. The molecule has 0 saturated heterocycles. The zero-order chi connectivity index (χ0) is 13.9. The van der Waals surface area contributed by atoms with Gasteiger partial charge >= 0.3 is 0 Å². The van der Waals surface area contributed by atoms with Crippen molar-refractivity contribution in [3.05, 3.63) is 42.1 Å². The molecule has 1 aliphatic rings. The molecule has 1 aromatic heterocycles. The molecule has 0 aliphatic carbocycles. The number of nitrogens with two attached hydrogens (primary N) is 1. The normalized spacial score (nSPS) is 13.9. The van der Waals surface area contributed by atoms with Gasteiger partial charge < -0.3 is 15.4 Å². The molecule has 0 fully saturated rings. The molecule has 2 aromatic rings. The van der Waals surface area contributed by atoms with Crippen LogP contribution in [0.1, 0.15) is 5.69 Å². The minimum atomic E-state index is 0.654. The number of methoxy groups -OCH3 is 1. The van der Waals surface area contributed by atoms with Gasteiger partial charge in [0, 0.05) is 28.9 Å². The summed E-state index contributed by atoms with van der Waals surface area (Å²) in [5, 5.41) is 0. The maximum Gasteiger partial charge on any atom is 0.213 e. The van der Waals surface area contributed by atoms with Crippen molar-refractivity contribution in [3.8, 4) is 5.88 Å². The largest absolute Gasteiger partial charge is 0.481 e. The molecule has 2 N–H and O–H groups in total. The zero-order valence-corrected chi connectivity index (χ0v) is 12.2. The Hall–Kier alpha value is -1.88. The third-order valence-electron chi connectivity index (χ3n) is 3.29. The number of thioether (sulfide) groups is 1. The Bertz CT molecular complexity index is 618. The van der Waals surface area contributed by atoms with Crippen molar-refractivity contribution in [2.24, 2.45) is 0 Å². The topological polar surface area (TPSA) is 51.4 Å². The van der Waals surface area contributed by atoms with Crippen LogP contribution in [0, 0.1) is 0 Å². The van der Waals surface area contributed by atoms with Crippen LogP contribution >= 0.6 is 11.8 Å². The minimum Gasteiger partial charge on any atom is -0.481 e. The van der Waals surface area contributed by atoms with Crippen molar-refractivity contribution in [3.63, 3.8) is 0 Å². The van der Waals surface area contributed by atoms with Crippen molar-refractivity contribution >= 4 is 23.1 Å². The van der Waals surface area contributed by atoms with Gasteiger partial charge in [-0.3, -0.25) is 0 Å². The Morgan fingerprint density at radius 1 is 1.35 bits per heavy atom. The van der Waals surface area contributed by atoms with Gasteiger partial charge in [-0.05, 0) is 24.3 Å². The Kier molecular flexibility index (Phi) is 3.69. The molecule has 1 aromatic carbocycles. The maximum atomic E-state index is 5.91. The standard InChI is InChI=1S/C15H17N3OS/c1-19-15-4-2-3-12(17-15)10-18-7-8-20-14-6-5-11(16)9-13(14)18/h2-6,9H,7-8,10,16H2,1H3. The number of benzene rings is 1. The number of hydrogen-bond donors (Lipinski definition) is 1. The summed E-state index contributed by atoms with van der Waals surface area (Å²) in [5.41, 5.74) is 8.92. The second-order valence-electron chi connectivity index (χ2n) is 4.67. The quantitative estimate of drug-likeness (QED) is 0.880. The molecular weight excluding hydrogens is 270 g/mol. The number of anilines is 2. The summed E-state index contributed by atoms with van der Waals surface area (Å²) in [6.07, 6.45) is 0. The predicted octanol–water partition coefficient (Wildman–Crippen LogP) is 2.78. The molecule has 0 unspecified atom stereocenters. The minimum absolute atomic E-state index is 0.654. The first-order chi connectivity index (χ1) is 9.76. The van der Waals surface area contributed by atoms with E-state index in [2.05, 4.69) is 16.0 Å². The summed E-state index contributed by atoms with van der Waals surface area (Å²) >= 11 is 1.88. The molecule has 0 saturated carbocycles. The first-order valence-electron chi connectivity index (χ1n) is 6.53. The molecule has 2 heterocycles. The van der Waals surface area contributed by atoms with Crippen LogP contribution in [0.4, 0.5) is 11.4 Å². The highest BCUT2D eigenvalue weighted by Gasteiger charge is 2.18. The molecule has 20 heavy (non-hydrogen) atoms. The molecule has 0 radical (unpaired) electrons. The monoisotopic (exact) mass is 287 g/mol. The Balaban J connectivity index is 1.87. The summed E-state index contributed by atoms with van der Waals surface area (Å²) in [6.45, 7) is 1.77. The average molecular weight is 287 g/mol. The highest BCUT2D eigenvalue weighted by Crippen LogP contribution is 2.36. The van der Waals surface area contributed by atoms with Crippen LogP contribution in [0.2, 0.25) is 0 Å². The summed E-state index contributed by atoms with van der Waals surface area (Å²) in [6, 6.07) is 12.0. The van der Waals surface area contributed by atoms with Crippen molar-refractivity contribution in [2.75, 3.05) is 30.0 Å². The van der Waals surface area contributed by atoms with Crippen molar-refractivity contribution in [1.29, 1.82) is 0 Å².